The number of hydrogen-bond acceptors (Lipinski definition) is 3. The largest absolute Gasteiger partial charge is 0.325 e. The first-order chi connectivity index (χ1) is 13.6. The SMILES string of the molecule is CCCCN(CC(=O)N1CCS[C@H]1c1ccc(F)cc1)Cc1ccc(F)cc1. The van der Waals surface area contributed by atoms with E-state index in [1.54, 1.807) is 36.0 Å². The zero-order valence-electron chi connectivity index (χ0n) is 16.1. The fraction of sp³-hybridized carbons (Fsp3) is 0.409. The van der Waals surface area contributed by atoms with Gasteiger partial charge in [-0.05, 0) is 48.4 Å². The highest BCUT2D eigenvalue weighted by Gasteiger charge is 2.31. The van der Waals surface area contributed by atoms with E-state index in [4.69, 9.17) is 0 Å². The van der Waals surface area contributed by atoms with Crippen molar-refractivity contribution in [2.24, 2.45) is 0 Å². The zero-order valence-corrected chi connectivity index (χ0v) is 16.9. The minimum atomic E-state index is -0.269. The summed E-state index contributed by atoms with van der Waals surface area (Å²) in [6, 6.07) is 12.8. The predicted molar refractivity (Wildman–Crippen MR) is 110 cm³/mol. The van der Waals surface area contributed by atoms with Gasteiger partial charge in [0.2, 0.25) is 5.91 Å². The smallest absolute Gasteiger partial charge is 0.237 e. The topological polar surface area (TPSA) is 23.6 Å². The van der Waals surface area contributed by atoms with Crippen molar-refractivity contribution >= 4 is 17.7 Å². The first-order valence-corrected chi connectivity index (χ1v) is 10.7. The van der Waals surface area contributed by atoms with E-state index in [9.17, 15) is 13.6 Å². The maximum absolute atomic E-state index is 13.2. The summed E-state index contributed by atoms with van der Waals surface area (Å²) in [5, 5.41) is -0.0630. The number of rotatable bonds is 8. The summed E-state index contributed by atoms with van der Waals surface area (Å²) in [4.78, 5) is 17.1. The van der Waals surface area contributed by atoms with Crippen molar-refractivity contribution in [2.75, 3.05) is 25.4 Å². The fourth-order valence-corrected chi connectivity index (χ4v) is 4.63. The first kappa shape index (κ1) is 20.8. The van der Waals surface area contributed by atoms with Gasteiger partial charge in [-0.1, -0.05) is 37.6 Å². The normalized spacial score (nSPS) is 16.7. The molecular weight excluding hydrogens is 378 g/mol. The van der Waals surface area contributed by atoms with Crippen LogP contribution in [-0.2, 0) is 11.3 Å². The van der Waals surface area contributed by atoms with Gasteiger partial charge in [0.1, 0.15) is 17.0 Å². The Balaban J connectivity index is 1.67. The molecule has 0 unspecified atom stereocenters. The van der Waals surface area contributed by atoms with Crippen LogP contribution in [0.4, 0.5) is 8.78 Å². The molecule has 150 valence electrons. The molecule has 1 saturated heterocycles. The minimum absolute atomic E-state index is 0.0630. The third kappa shape index (κ3) is 5.55. The van der Waals surface area contributed by atoms with Crippen molar-refractivity contribution < 1.29 is 13.6 Å². The van der Waals surface area contributed by atoms with Crippen LogP contribution in [-0.4, -0.2) is 41.1 Å². The van der Waals surface area contributed by atoms with E-state index in [-0.39, 0.29) is 22.9 Å². The summed E-state index contributed by atoms with van der Waals surface area (Å²) in [5.41, 5.74) is 1.95. The zero-order chi connectivity index (χ0) is 19.9. The first-order valence-electron chi connectivity index (χ1n) is 9.70. The van der Waals surface area contributed by atoms with Crippen LogP contribution in [0, 0.1) is 11.6 Å². The van der Waals surface area contributed by atoms with E-state index in [0.717, 1.165) is 36.3 Å². The van der Waals surface area contributed by atoms with Crippen molar-refractivity contribution in [3.8, 4) is 0 Å². The lowest BCUT2D eigenvalue weighted by Gasteiger charge is -2.28. The van der Waals surface area contributed by atoms with Crippen LogP contribution in [0.15, 0.2) is 48.5 Å². The summed E-state index contributed by atoms with van der Waals surface area (Å²) >= 11 is 1.71. The van der Waals surface area contributed by atoms with Crippen LogP contribution >= 0.6 is 11.8 Å². The second kappa shape index (κ2) is 10.0. The van der Waals surface area contributed by atoms with Crippen molar-refractivity contribution in [2.45, 2.75) is 31.7 Å². The summed E-state index contributed by atoms with van der Waals surface area (Å²) in [5.74, 6) is 0.434. The Kier molecular flexibility index (Phi) is 7.45. The summed E-state index contributed by atoms with van der Waals surface area (Å²) in [7, 11) is 0. The van der Waals surface area contributed by atoms with Crippen LogP contribution in [0.1, 0.15) is 36.3 Å². The van der Waals surface area contributed by atoms with E-state index in [0.29, 0.717) is 19.6 Å². The number of benzene rings is 2. The summed E-state index contributed by atoms with van der Waals surface area (Å²) in [6.07, 6.45) is 2.05. The molecule has 1 amide bonds. The van der Waals surface area contributed by atoms with Crippen molar-refractivity contribution in [3.63, 3.8) is 0 Å². The molecule has 1 heterocycles. The van der Waals surface area contributed by atoms with Crippen LogP contribution in [0.5, 0.6) is 0 Å². The lowest BCUT2D eigenvalue weighted by Crippen LogP contribution is -2.40. The Morgan fingerprint density at radius 2 is 1.75 bits per heavy atom. The Labute approximate surface area is 169 Å². The van der Waals surface area contributed by atoms with Crippen LogP contribution in [0.25, 0.3) is 0 Å². The summed E-state index contributed by atoms with van der Waals surface area (Å²) < 4.78 is 26.4. The van der Waals surface area contributed by atoms with Gasteiger partial charge in [-0.2, -0.15) is 0 Å². The monoisotopic (exact) mass is 404 g/mol. The molecule has 0 saturated carbocycles. The Morgan fingerprint density at radius 3 is 2.39 bits per heavy atom. The second-order valence-electron chi connectivity index (χ2n) is 7.05. The number of nitrogens with zero attached hydrogens (tertiary/aromatic N) is 2. The molecule has 1 atom stereocenters. The van der Waals surface area contributed by atoms with Gasteiger partial charge in [0.15, 0.2) is 0 Å². The van der Waals surface area contributed by atoms with Crippen molar-refractivity contribution in [1.82, 2.24) is 9.80 Å². The Bertz CT molecular complexity index is 767. The molecule has 1 aliphatic heterocycles. The number of halogens is 2. The van der Waals surface area contributed by atoms with Crippen LogP contribution in [0.3, 0.4) is 0 Å². The maximum atomic E-state index is 13.2. The van der Waals surface area contributed by atoms with E-state index in [1.807, 2.05) is 4.90 Å². The number of thioether (sulfide) groups is 1. The van der Waals surface area contributed by atoms with E-state index in [1.165, 1.54) is 24.3 Å². The van der Waals surface area contributed by atoms with Crippen molar-refractivity contribution in [1.29, 1.82) is 0 Å². The van der Waals surface area contributed by atoms with Crippen LogP contribution < -0.4 is 0 Å². The standard InChI is InChI=1S/C22H26F2N2OS/c1-2-3-12-25(15-17-4-8-19(23)9-5-17)16-21(27)26-13-14-28-22(26)18-6-10-20(24)11-7-18/h4-11,22H,2-3,12-16H2,1H3/t22-/m0/s1. The molecule has 0 aliphatic carbocycles. The van der Waals surface area contributed by atoms with E-state index >= 15 is 0 Å². The highest BCUT2D eigenvalue weighted by atomic mass is 32.2. The maximum Gasteiger partial charge on any atom is 0.237 e. The molecular formula is C22H26F2N2OS. The third-order valence-electron chi connectivity index (χ3n) is 4.87. The van der Waals surface area contributed by atoms with Gasteiger partial charge in [0.25, 0.3) is 0 Å². The number of carbonyl (C=O) groups is 1. The highest BCUT2D eigenvalue weighted by Crippen LogP contribution is 2.37. The van der Waals surface area contributed by atoms with Gasteiger partial charge in [-0.3, -0.25) is 9.69 Å². The molecule has 0 radical (unpaired) electrons. The Morgan fingerprint density at radius 1 is 1.11 bits per heavy atom. The van der Waals surface area contributed by atoms with Gasteiger partial charge < -0.3 is 4.90 Å². The van der Waals surface area contributed by atoms with E-state index in [2.05, 4.69) is 11.8 Å². The molecule has 2 aromatic carbocycles. The number of unbranched alkanes of at least 4 members (excludes halogenated alkanes) is 1. The molecule has 0 N–H and O–H groups in total. The highest BCUT2D eigenvalue weighted by molar-refractivity contribution is 7.99. The van der Waals surface area contributed by atoms with Gasteiger partial charge in [0, 0.05) is 18.8 Å². The number of hydrogen-bond donors (Lipinski definition) is 0. The fourth-order valence-electron chi connectivity index (χ4n) is 3.35. The molecule has 28 heavy (non-hydrogen) atoms. The number of carbonyl (C=O) groups excluding carboxylic acids is 1. The summed E-state index contributed by atoms with van der Waals surface area (Å²) in [6.45, 7) is 4.59. The van der Waals surface area contributed by atoms with Gasteiger partial charge in [-0.15, -0.1) is 11.8 Å². The van der Waals surface area contributed by atoms with Gasteiger partial charge in [0.05, 0.1) is 6.54 Å². The van der Waals surface area contributed by atoms with Gasteiger partial charge in [-0.25, -0.2) is 8.78 Å². The average molecular weight is 405 g/mol. The molecule has 2 aromatic rings. The van der Waals surface area contributed by atoms with Gasteiger partial charge >= 0.3 is 0 Å². The average Bonchev–Trinajstić information content (AvgIpc) is 3.18. The molecule has 1 fully saturated rings. The third-order valence-corrected chi connectivity index (χ3v) is 6.13. The Hall–Kier alpha value is -1.92. The predicted octanol–water partition coefficient (Wildman–Crippen LogP) is 4.84. The van der Waals surface area contributed by atoms with E-state index < -0.39 is 0 Å². The lowest BCUT2D eigenvalue weighted by atomic mass is 10.2. The second-order valence-corrected chi connectivity index (χ2v) is 8.24. The minimum Gasteiger partial charge on any atom is -0.325 e. The molecule has 1 aliphatic rings. The molecule has 0 bridgehead atoms. The molecule has 3 rings (SSSR count). The van der Waals surface area contributed by atoms with Crippen molar-refractivity contribution in [3.05, 3.63) is 71.3 Å². The lowest BCUT2D eigenvalue weighted by molar-refractivity contribution is -0.132. The molecule has 0 spiro atoms. The van der Waals surface area contributed by atoms with Crippen LogP contribution in [0.2, 0.25) is 0 Å². The molecule has 6 heteroatoms. The quantitative estimate of drug-likeness (QED) is 0.629. The molecule has 3 nitrogen and oxygen atoms in total. The molecule has 0 aromatic heterocycles. The number of amides is 1.